The van der Waals surface area contributed by atoms with Crippen LogP contribution in [0.4, 0.5) is 0 Å². The van der Waals surface area contributed by atoms with Crippen molar-refractivity contribution in [3.05, 3.63) is 36.5 Å². The minimum atomic E-state index is -3.61. The number of sulfonamides is 1. The summed E-state index contributed by atoms with van der Waals surface area (Å²) >= 11 is 0. The quantitative estimate of drug-likeness (QED) is 0.884. The molecular formula is C14H18N2O3S. The molecule has 1 heterocycles. The van der Waals surface area contributed by atoms with Crippen LogP contribution in [0, 0.1) is 0 Å². The van der Waals surface area contributed by atoms with Crippen LogP contribution >= 0.6 is 0 Å². The molecule has 0 saturated heterocycles. The molecule has 1 N–H and O–H groups in total. The zero-order valence-electron chi connectivity index (χ0n) is 11.5. The van der Waals surface area contributed by atoms with Crippen molar-refractivity contribution in [3.8, 4) is 0 Å². The molecule has 20 heavy (non-hydrogen) atoms. The largest absolute Gasteiger partial charge is 0.383 e. The van der Waals surface area contributed by atoms with Crippen LogP contribution in [0.5, 0.6) is 0 Å². The number of rotatable bonds is 6. The number of fused-ring (bicyclic) bond motifs is 1. The van der Waals surface area contributed by atoms with E-state index in [0.717, 1.165) is 5.39 Å². The summed E-state index contributed by atoms with van der Waals surface area (Å²) in [6.07, 6.45) is 2.25. The molecule has 0 fully saturated rings. The van der Waals surface area contributed by atoms with Gasteiger partial charge >= 0.3 is 0 Å². The summed E-state index contributed by atoms with van der Waals surface area (Å²) < 4.78 is 32.6. The molecule has 0 aliphatic rings. The van der Waals surface area contributed by atoms with Crippen LogP contribution in [-0.4, -0.2) is 33.2 Å². The highest BCUT2D eigenvalue weighted by atomic mass is 32.2. The Bertz CT molecular complexity index is 680. The molecule has 1 unspecified atom stereocenters. The second-order valence-electron chi connectivity index (χ2n) is 4.51. The molecule has 1 aromatic heterocycles. The molecule has 0 spiro atoms. The first kappa shape index (κ1) is 14.9. The number of aromatic nitrogens is 1. The van der Waals surface area contributed by atoms with Gasteiger partial charge in [-0.05, 0) is 18.6 Å². The number of nitrogens with one attached hydrogen (secondary N) is 1. The number of hydrogen-bond acceptors (Lipinski definition) is 4. The van der Waals surface area contributed by atoms with Gasteiger partial charge < -0.3 is 4.74 Å². The van der Waals surface area contributed by atoms with Crippen molar-refractivity contribution in [2.75, 3.05) is 13.7 Å². The van der Waals surface area contributed by atoms with Crippen molar-refractivity contribution in [1.29, 1.82) is 0 Å². The molecule has 0 bridgehead atoms. The second kappa shape index (κ2) is 6.30. The maximum atomic E-state index is 12.5. The Morgan fingerprint density at radius 3 is 2.75 bits per heavy atom. The van der Waals surface area contributed by atoms with E-state index in [2.05, 4.69) is 9.71 Å². The first-order valence-electron chi connectivity index (χ1n) is 6.43. The Labute approximate surface area is 119 Å². The average Bonchev–Trinajstić information content (AvgIpc) is 2.46. The first-order chi connectivity index (χ1) is 9.58. The normalized spacial score (nSPS) is 13.5. The van der Waals surface area contributed by atoms with E-state index in [1.807, 2.05) is 19.1 Å². The van der Waals surface area contributed by atoms with E-state index in [9.17, 15) is 8.42 Å². The summed E-state index contributed by atoms with van der Waals surface area (Å²) in [5.41, 5.74) is 0.481. The molecular weight excluding hydrogens is 276 g/mol. The van der Waals surface area contributed by atoms with Crippen LogP contribution in [0.15, 0.2) is 41.4 Å². The zero-order chi connectivity index (χ0) is 14.6. The third-order valence-electron chi connectivity index (χ3n) is 3.07. The van der Waals surface area contributed by atoms with E-state index in [1.165, 1.54) is 0 Å². The number of ether oxygens (including phenoxy) is 1. The van der Waals surface area contributed by atoms with Crippen molar-refractivity contribution in [2.24, 2.45) is 0 Å². The maximum Gasteiger partial charge on any atom is 0.243 e. The van der Waals surface area contributed by atoms with Crippen LogP contribution in [-0.2, 0) is 14.8 Å². The van der Waals surface area contributed by atoms with Gasteiger partial charge in [-0.25, -0.2) is 13.1 Å². The predicted octanol–water partition coefficient (Wildman–Crippen LogP) is 1.94. The highest BCUT2D eigenvalue weighted by molar-refractivity contribution is 7.89. The highest BCUT2D eigenvalue weighted by Crippen LogP contribution is 2.20. The minimum absolute atomic E-state index is 0.199. The van der Waals surface area contributed by atoms with E-state index >= 15 is 0 Å². The molecule has 2 rings (SSSR count). The lowest BCUT2D eigenvalue weighted by molar-refractivity contribution is 0.173. The standard InChI is InChI=1S/C14H18N2O3S/c1-3-12(10-19-2)16-20(17,18)13-8-4-6-11-7-5-9-15-14(11)13/h4-9,12,16H,3,10H2,1-2H3. The Morgan fingerprint density at radius 2 is 2.05 bits per heavy atom. The number of benzene rings is 1. The maximum absolute atomic E-state index is 12.5. The predicted molar refractivity (Wildman–Crippen MR) is 78.0 cm³/mol. The molecule has 1 aromatic carbocycles. The highest BCUT2D eigenvalue weighted by Gasteiger charge is 2.21. The number of para-hydroxylation sites is 1. The van der Waals surface area contributed by atoms with Crippen LogP contribution in [0.3, 0.4) is 0 Å². The van der Waals surface area contributed by atoms with Crippen LogP contribution < -0.4 is 4.72 Å². The summed E-state index contributed by atoms with van der Waals surface area (Å²) in [5.74, 6) is 0. The molecule has 0 saturated carbocycles. The van der Waals surface area contributed by atoms with Crippen LogP contribution in [0.1, 0.15) is 13.3 Å². The Hall–Kier alpha value is -1.50. The van der Waals surface area contributed by atoms with Crippen molar-refractivity contribution in [3.63, 3.8) is 0 Å². The monoisotopic (exact) mass is 294 g/mol. The van der Waals surface area contributed by atoms with Crippen LogP contribution in [0.2, 0.25) is 0 Å². The number of hydrogen-bond donors (Lipinski definition) is 1. The molecule has 6 heteroatoms. The minimum Gasteiger partial charge on any atom is -0.383 e. The molecule has 0 aliphatic carbocycles. The van der Waals surface area contributed by atoms with Gasteiger partial charge in [0.1, 0.15) is 4.90 Å². The molecule has 0 radical (unpaired) electrons. The lowest BCUT2D eigenvalue weighted by Gasteiger charge is -2.16. The molecule has 108 valence electrons. The van der Waals surface area contributed by atoms with E-state index in [4.69, 9.17) is 4.74 Å². The lowest BCUT2D eigenvalue weighted by Crippen LogP contribution is -2.37. The van der Waals surface area contributed by atoms with Gasteiger partial charge in [-0.1, -0.05) is 25.1 Å². The van der Waals surface area contributed by atoms with Gasteiger partial charge in [0.25, 0.3) is 0 Å². The number of methoxy groups -OCH3 is 1. The molecule has 0 amide bonds. The summed E-state index contributed by atoms with van der Waals surface area (Å²) in [6.45, 7) is 2.25. The van der Waals surface area contributed by atoms with Crippen molar-refractivity contribution in [2.45, 2.75) is 24.3 Å². The van der Waals surface area contributed by atoms with E-state index in [1.54, 1.807) is 31.5 Å². The summed E-state index contributed by atoms with van der Waals surface area (Å²) in [4.78, 5) is 4.38. The van der Waals surface area contributed by atoms with E-state index < -0.39 is 10.0 Å². The Morgan fingerprint density at radius 1 is 1.30 bits per heavy atom. The Kier molecular flexibility index (Phi) is 4.69. The van der Waals surface area contributed by atoms with Crippen molar-refractivity contribution >= 4 is 20.9 Å². The van der Waals surface area contributed by atoms with Crippen LogP contribution in [0.25, 0.3) is 10.9 Å². The average molecular weight is 294 g/mol. The SMILES string of the molecule is CCC(COC)NS(=O)(=O)c1cccc2cccnc12. The molecule has 1 atom stereocenters. The van der Waals surface area contributed by atoms with Crippen molar-refractivity contribution in [1.82, 2.24) is 9.71 Å². The summed E-state index contributed by atoms with van der Waals surface area (Å²) in [7, 11) is -2.06. The zero-order valence-corrected chi connectivity index (χ0v) is 12.4. The summed E-state index contributed by atoms with van der Waals surface area (Å²) in [6, 6.07) is 8.50. The first-order valence-corrected chi connectivity index (χ1v) is 7.92. The number of pyridine rings is 1. The molecule has 2 aromatic rings. The van der Waals surface area contributed by atoms with E-state index in [-0.39, 0.29) is 10.9 Å². The van der Waals surface area contributed by atoms with Gasteiger partial charge in [0, 0.05) is 24.7 Å². The lowest BCUT2D eigenvalue weighted by atomic mass is 10.2. The third-order valence-corrected chi connectivity index (χ3v) is 4.62. The van der Waals surface area contributed by atoms with Gasteiger partial charge in [0.2, 0.25) is 10.0 Å². The third kappa shape index (κ3) is 3.15. The fraction of sp³-hybridized carbons (Fsp3) is 0.357. The molecule has 5 nitrogen and oxygen atoms in total. The molecule has 0 aliphatic heterocycles. The fourth-order valence-electron chi connectivity index (χ4n) is 2.01. The van der Waals surface area contributed by atoms with E-state index in [0.29, 0.717) is 18.5 Å². The van der Waals surface area contributed by atoms with Gasteiger partial charge in [0.05, 0.1) is 12.1 Å². The second-order valence-corrected chi connectivity index (χ2v) is 6.20. The Balaban J connectivity index is 2.41. The van der Waals surface area contributed by atoms with Gasteiger partial charge in [-0.3, -0.25) is 4.98 Å². The van der Waals surface area contributed by atoms with Crippen molar-refractivity contribution < 1.29 is 13.2 Å². The number of nitrogens with zero attached hydrogens (tertiary/aromatic N) is 1. The smallest absolute Gasteiger partial charge is 0.243 e. The van der Waals surface area contributed by atoms with Gasteiger partial charge in [-0.15, -0.1) is 0 Å². The van der Waals surface area contributed by atoms with Gasteiger partial charge in [0.15, 0.2) is 0 Å². The fourth-order valence-corrected chi connectivity index (χ4v) is 3.50. The summed E-state index contributed by atoms with van der Waals surface area (Å²) in [5, 5.41) is 0.801. The topological polar surface area (TPSA) is 68.3 Å². The van der Waals surface area contributed by atoms with Gasteiger partial charge in [-0.2, -0.15) is 0 Å².